The standard InChI is InChI=1S/C22H24ClNO6S/c1-12-11-13(6-8-15(12)23)30-10-4-5-17(25)24-20-19(22(27)29-3)18-14(21(26)28-2)7-9-16(18)31-20/h6,8,11,14H,4-5,7,9-10H2,1-3H3,(H,24,25). The number of fused-ring (bicyclic) bond motifs is 1. The predicted molar refractivity (Wildman–Crippen MR) is 118 cm³/mol. The molecule has 0 bridgehead atoms. The zero-order chi connectivity index (χ0) is 22.5. The van der Waals surface area contributed by atoms with Gasteiger partial charge in [-0.2, -0.15) is 0 Å². The number of thiophene rings is 1. The summed E-state index contributed by atoms with van der Waals surface area (Å²) in [5.41, 5.74) is 1.78. The Labute approximate surface area is 189 Å². The van der Waals surface area contributed by atoms with Crippen molar-refractivity contribution in [3.63, 3.8) is 0 Å². The summed E-state index contributed by atoms with van der Waals surface area (Å²) in [5, 5.41) is 3.88. The first-order valence-electron chi connectivity index (χ1n) is 9.86. The molecule has 31 heavy (non-hydrogen) atoms. The molecule has 0 aliphatic heterocycles. The first-order chi connectivity index (χ1) is 14.8. The summed E-state index contributed by atoms with van der Waals surface area (Å²) in [4.78, 5) is 37.9. The zero-order valence-electron chi connectivity index (χ0n) is 17.6. The van der Waals surface area contributed by atoms with E-state index in [2.05, 4.69) is 5.32 Å². The lowest BCUT2D eigenvalue weighted by molar-refractivity contribution is -0.142. The molecule has 1 heterocycles. The number of rotatable bonds is 8. The summed E-state index contributed by atoms with van der Waals surface area (Å²) in [6.07, 6.45) is 1.94. The second-order valence-electron chi connectivity index (χ2n) is 7.16. The average Bonchev–Trinajstić information content (AvgIpc) is 3.31. The number of anilines is 1. The van der Waals surface area contributed by atoms with Crippen LogP contribution in [0.1, 0.15) is 51.5 Å². The van der Waals surface area contributed by atoms with Crippen LogP contribution in [-0.2, 0) is 25.5 Å². The minimum absolute atomic E-state index is 0.218. The van der Waals surface area contributed by atoms with Crippen molar-refractivity contribution in [2.24, 2.45) is 0 Å². The lowest BCUT2D eigenvalue weighted by Gasteiger charge is -2.12. The molecule has 0 radical (unpaired) electrons. The van der Waals surface area contributed by atoms with Gasteiger partial charge in [0.1, 0.15) is 10.8 Å². The molecule has 1 atom stereocenters. The van der Waals surface area contributed by atoms with Gasteiger partial charge in [-0.3, -0.25) is 9.59 Å². The molecule has 0 spiro atoms. The van der Waals surface area contributed by atoms with E-state index in [0.29, 0.717) is 47.2 Å². The lowest BCUT2D eigenvalue weighted by atomic mass is 9.99. The summed E-state index contributed by atoms with van der Waals surface area (Å²) in [6.45, 7) is 2.26. The average molecular weight is 466 g/mol. The van der Waals surface area contributed by atoms with Gasteiger partial charge >= 0.3 is 11.9 Å². The number of carbonyl (C=O) groups excluding carboxylic acids is 3. The molecule has 2 aromatic rings. The number of hydrogen-bond acceptors (Lipinski definition) is 7. The molecule has 1 aromatic heterocycles. The number of amides is 1. The van der Waals surface area contributed by atoms with E-state index in [4.69, 9.17) is 25.8 Å². The molecule has 9 heteroatoms. The Morgan fingerprint density at radius 1 is 1.23 bits per heavy atom. The van der Waals surface area contributed by atoms with Crippen LogP contribution in [-0.4, -0.2) is 38.7 Å². The number of hydrogen-bond donors (Lipinski definition) is 1. The van der Waals surface area contributed by atoms with Crippen molar-refractivity contribution in [3.8, 4) is 5.75 Å². The molecule has 1 aliphatic carbocycles. The van der Waals surface area contributed by atoms with E-state index in [1.807, 2.05) is 13.0 Å². The van der Waals surface area contributed by atoms with Crippen LogP contribution in [0.25, 0.3) is 0 Å². The quantitative estimate of drug-likeness (QED) is 0.456. The third-order valence-electron chi connectivity index (χ3n) is 5.11. The van der Waals surface area contributed by atoms with Crippen molar-refractivity contribution >= 4 is 45.8 Å². The van der Waals surface area contributed by atoms with Gasteiger partial charge in [-0.05, 0) is 55.5 Å². The van der Waals surface area contributed by atoms with Crippen molar-refractivity contribution in [1.29, 1.82) is 0 Å². The molecular weight excluding hydrogens is 442 g/mol. The van der Waals surface area contributed by atoms with E-state index in [0.717, 1.165) is 10.4 Å². The fourth-order valence-electron chi connectivity index (χ4n) is 3.55. The number of aryl methyl sites for hydroxylation is 2. The maximum absolute atomic E-state index is 12.5. The molecule has 7 nitrogen and oxygen atoms in total. The summed E-state index contributed by atoms with van der Waals surface area (Å²) < 4.78 is 15.4. The van der Waals surface area contributed by atoms with E-state index < -0.39 is 17.9 Å². The highest BCUT2D eigenvalue weighted by Crippen LogP contribution is 2.45. The fourth-order valence-corrected chi connectivity index (χ4v) is 4.95. The lowest BCUT2D eigenvalue weighted by Crippen LogP contribution is -2.18. The predicted octanol–water partition coefficient (Wildman–Crippen LogP) is 4.50. The topological polar surface area (TPSA) is 90.9 Å². The molecule has 1 aliphatic rings. The summed E-state index contributed by atoms with van der Waals surface area (Å²) in [7, 11) is 2.59. The first kappa shape index (κ1) is 23.1. The normalized spacial score (nSPS) is 14.6. The van der Waals surface area contributed by atoms with Crippen LogP contribution in [0, 0.1) is 6.92 Å². The van der Waals surface area contributed by atoms with Crippen LogP contribution in [0.5, 0.6) is 5.75 Å². The van der Waals surface area contributed by atoms with Crippen molar-refractivity contribution in [2.75, 3.05) is 26.1 Å². The minimum atomic E-state index is -0.579. The second kappa shape index (κ2) is 10.2. The molecule has 1 aromatic carbocycles. The number of methoxy groups -OCH3 is 2. The highest BCUT2D eigenvalue weighted by molar-refractivity contribution is 7.17. The van der Waals surface area contributed by atoms with Gasteiger partial charge in [0.25, 0.3) is 0 Å². The number of esters is 2. The monoisotopic (exact) mass is 465 g/mol. The van der Waals surface area contributed by atoms with Crippen molar-refractivity contribution < 1.29 is 28.6 Å². The Balaban J connectivity index is 1.62. The van der Waals surface area contributed by atoms with Gasteiger partial charge in [-0.25, -0.2) is 4.79 Å². The van der Waals surface area contributed by atoms with Crippen molar-refractivity contribution in [2.45, 2.75) is 38.5 Å². The molecule has 3 rings (SSSR count). The molecule has 0 saturated heterocycles. The Hall–Kier alpha value is -2.58. The molecule has 166 valence electrons. The second-order valence-corrected chi connectivity index (χ2v) is 8.67. The third-order valence-corrected chi connectivity index (χ3v) is 6.71. The summed E-state index contributed by atoms with van der Waals surface area (Å²) in [6, 6.07) is 5.39. The van der Waals surface area contributed by atoms with E-state index in [-0.39, 0.29) is 17.9 Å². The third kappa shape index (κ3) is 5.19. The largest absolute Gasteiger partial charge is 0.494 e. The number of benzene rings is 1. The highest BCUT2D eigenvalue weighted by Gasteiger charge is 2.38. The molecular formula is C22H24ClNO6S. The Bertz CT molecular complexity index is 1000. The van der Waals surface area contributed by atoms with Crippen LogP contribution >= 0.6 is 22.9 Å². The van der Waals surface area contributed by atoms with Crippen molar-refractivity contribution in [3.05, 3.63) is 44.8 Å². The summed E-state index contributed by atoms with van der Waals surface area (Å²) >= 11 is 7.31. The Morgan fingerprint density at radius 2 is 2.00 bits per heavy atom. The molecule has 0 fully saturated rings. The maximum atomic E-state index is 12.5. The summed E-state index contributed by atoms with van der Waals surface area (Å²) in [5.74, 6) is -1.04. The van der Waals surface area contributed by atoms with Crippen LogP contribution in [0.15, 0.2) is 18.2 Å². The zero-order valence-corrected chi connectivity index (χ0v) is 19.2. The van der Waals surface area contributed by atoms with Gasteiger partial charge in [-0.1, -0.05) is 11.6 Å². The number of nitrogens with one attached hydrogen (secondary N) is 1. The van der Waals surface area contributed by atoms with E-state index >= 15 is 0 Å². The van der Waals surface area contributed by atoms with Gasteiger partial charge in [0.2, 0.25) is 5.91 Å². The van der Waals surface area contributed by atoms with Crippen LogP contribution in [0.4, 0.5) is 5.00 Å². The van der Waals surface area contributed by atoms with Gasteiger partial charge in [0, 0.05) is 16.3 Å². The van der Waals surface area contributed by atoms with E-state index in [1.165, 1.54) is 25.6 Å². The number of halogens is 1. The smallest absolute Gasteiger partial charge is 0.341 e. The van der Waals surface area contributed by atoms with Gasteiger partial charge in [-0.15, -0.1) is 11.3 Å². The van der Waals surface area contributed by atoms with Gasteiger partial charge in [0.15, 0.2) is 0 Å². The molecule has 1 N–H and O–H groups in total. The number of carbonyl (C=O) groups is 3. The first-order valence-corrected chi connectivity index (χ1v) is 11.1. The maximum Gasteiger partial charge on any atom is 0.341 e. The van der Waals surface area contributed by atoms with Crippen molar-refractivity contribution in [1.82, 2.24) is 0 Å². The van der Waals surface area contributed by atoms with Gasteiger partial charge in [0.05, 0.1) is 32.3 Å². The van der Waals surface area contributed by atoms with E-state index in [9.17, 15) is 14.4 Å². The van der Waals surface area contributed by atoms with Gasteiger partial charge < -0.3 is 19.5 Å². The molecule has 0 saturated carbocycles. The molecule has 1 amide bonds. The van der Waals surface area contributed by atoms with Crippen LogP contribution in [0.3, 0.4) is 0 Å². The minimum Gasteiger partial charge on any atom is -0.494 e. The number of ether oxygens (including phenoxy) is 3. The van der Waals surface area contributed by atoms with Crippen LogP contribution in [0.2, 0.25) is 5.02 Å². The highest BCUT2D eigenvalue weighted by atomic mass is 35.5. The van der Waals surface area contributed by atoms with Crippen LogP contribution < -0.4 is 10.1 Å². The van der Waals surface area contributed by atoms with E-state index in [1.54, 1.807) is 12.1 Å². The fraction of sp³-hybridized carbons (Fsp3) is 0.409. The Kier molecular flexibility index (Phi) is 7.56. The molecule has 1 unspecified atom stereocenters. The SMILES string of the molecule is COC(=O)c1c(NC(=O)CCCOc2ccc(Cl)c(C)c2)sc2c1C(C(=O)OC)CC2. The Morgan fingerprint density at radius 3 is 2.68 bits per heavy atom.